The third-order valence-electron chi connectivity index (χ3n) is 4.81. The molecular weight excluding hydrogens is 288 g/mol. The standard InChI is InChI=1S/C16H21ClN2O2/c17-12-3-1-2-11(8-12)14(20)10-19-15(21)13-9-16(13)4-6-18-7-5-16/h1-3,8,13-14,18,20H,4-7,9-10H2,(H,19,21). The highest BCUT2D eigenvalue weighted by molar-refractivity contribution is 6.30. The van der Waals surface area contributed by atoms with Crippen LogP contribution in [0.1, 0.15) is 30.9 Å². The molecular formula is C16H21ClN2O2. The van der Waals surface area contributed by atoms with E-state index in [0.29, 0.717) is 5.02 Å². The van der Waals surface area contributed by atoms with Crippen molar-refractivity contribution in [3.8, 4) is 0 Å². The van der Waals surface area contributed by atoms with Gasteiger partial charge in [0, 0.05) is 17.5 Å². The molecule has 2 unspecified atom stereocenters. The molecule has 3 N–H and O–H groups in total. The number of hydrogen-bond acceptors (Lipinski definition) is 3. The van der Waals surface area contributed by atoms with Crippen molar-refractivity contribution in [2.75, 3.05) is 19.6 Å². The minimum atomic E-state index is -0.713. The highest BCUT2D eigenvalue weighted by Crippen LogP contribution is 2.58. The van der Waals surface area contributed by atoms with Crippen LogP contribution in [0, 0.1) is 11.3 Å². The van der Waals surface area contributed by atoms with Gasteiger partial charge in [0.25, 0.3) is 0 Å². The molecule has 2 fully saturated rings. The average molecular weight is 309 g/mol. The van der Waals surface area contributed by atoms with Crippen molar-refractivity contribution in [2.45, 2.75) is 25.4 Å². The molecule has 1 heterocycles. The lowest BCUT2D eigenvalue weighted by atomic mass is 9.92. The predicted molar refractivity (Wildman–Crippen MR) is 82.1 cm³/mol. The maximum absolute atomic E-state index is 12.2. The van der Waals surface area contributed by atoms with Crippen LogP contribution in [0.5, 0.6) is 0 Å². The summed E-state index contributed by atoms with van der Waals surface area (Å²) in [4.78, 5) is 12.2. The Morgan fingerprint density at radius 1 is 1.48 bits per heavy atom. The Balaban J connectivity index is 1.50. The summed E-state index contributed by atoms with van der Waals surface area (Å²) in [6.07, 6.45) is 2.45. The molecule has 0 bridgehead atoms. The van der Waals surface area contributed by atoms with Crippen molar-refractivity contribution in [1.82, 2.24) is 10.6 Å². The molecule has 1 spiro atoms. The average Bonchev–Trinajstić information content (AvgIpc) is 3.18. The molecule has 2 aliphatic rings. The second kappa shape index (κ2) is 5.95. The van der Waals surface area contributed by atoms with Gasteiger partial charge in [-0.3, -0.25) is 4.79 Å². The second-order valence-electron chi connectivity index (χ2n) is 6.19. The summed E-state index contributed by atoms with van der Waals surface area (Å²) < 4.78 is 0. The Bertz CT molecular complexity index is 529. The van der Waals surface area contributed by atoms with E-state index in [2.05, 4.69) is 10.6 Å². The van der Waals surface area contributed by atoms with E-state index < -0.39 is 6.10 Å². The quantitative estimate of drug-likeness (QED) is 0.796. The number of rotatable bonds is 4. The third kappa shape index (κ3) is 3.23. The van der Waals surface area contributed by atoms with Crippen molar-refractivity contribution < 1.29 is 9.90 Å². The molecule has 21 heavy (non-hydrogen) atoms. The molecule has 1 aliphatic heterocycles. The number of benzene rings is 1. The van der Waals surface area contributed by atoms with E-state index in [1.807, 2.05) is 6.07 Å². The molecule has 1 saturated heterocycles. The first-order valence-corrected chi connectivity index (χ1v) is 7.90. The molecule has 1 aliphatic carbocycles. The van der Waals surface area contributed by atoms with Gasteiger partial charge in [-0.15, -0.1) is 0 Å². The Hall–Kier alpha value is -1.10. The van der Waals surface area contributed by atoms with Crippen LogP contribution < -0.4 is 10.6 Å². The molecule has 4 nitrogen and oxygen atoms in total. The lowest BCUT2D eigenvalue weighted by Gasteiger charge is -2.23. The maximum Gasteiger partial charge on any atom is 0.223 e. The number of aliphatic hydroxyl groups excluding tert-OH is 1. The van der Waals surface area contributed by atoms with E-state index in [9.17, 15) is 9.90 Å². The summed E-state index contributed by atoms with van der Waals surface area (Å²) in [6.45, 7) is 2.26. The molecule has 1 aromatic rings. The zero-order valence-electron chi connectivity index (χ0n) is 11.9. The van der Waals surface area contributed by atoms with Gasteiger partial charge in [0.05, 0.1) is 6.10 Å². The van der Waals surface area contributed by atoms with Crippen molar-refractivity contribution in [3.05, 3.63) is 34.9 Å². The minimum Gasteiger partial charge on any atom is -0.387 e. The number of amides is 1. The van der Waals surface area contributed by atoms with Crippen LogP contribution in [-0.4, -0.2) is 30.6 Å². The van der Waals surface area contributed by atoms with Gasteiger partial charge < -0.3 is 15.7 Å². The van der Waals surface area contributed by atoms with Gasteiger partial charge in [-0.25, -0.2) is 0 Å². The summed E-state index contributed by atoms with van der Waals surface area (Å²) in [5.74, 6) is 0.212. The maximum atomic E-state index is 12.2. The van der Waals surface area contributed by atoms with E-state index in [1.165, 1.54) is 0 Å². The van der Waals surface area contributed by atoms with Gasteiger partial charge in [-0.2, -0.15) is 0 Å². The largest absolute Gasteiger partial charge is 0.387 e. The lowest BCUT2D eigenvalue weighted by Crippen LogP contribution is -2.35. The fourth-order valence-corrected chi connectivity index (χ4v) is 3.55. The zero-order valence-corrected chi connectivity index (χ0v) is 12.7. The molecule has 3 rings (SSSR count). The SMILES string of the molecule is O=C(NCC(O)c1cccc(Cl)c1)C1CC12CCNCC2. The number of carbonyl (C=O) groups is 1. The first kappa shape index (κ1) is 14.8. The smallest absolute Gasteiger partial charge is 0.223 e. The molecule has 5 heteroatoms. The minimum absolute atomic E-state index is 0.0815. The van der Waals surface area contributed by atoms with Crippen LogP contribution in [0.4, 0.5) is 0 Å². The van der Waals surface area contributed by atoms with Gasteiger partial charge >= 0.3 is 0 Å². The molecule has 1 aromatic carbocycles. The second-order valence-corrected chi connectivity index (χ2v) is 6.62. The highest BCUT2D eigenvalue weighted by Gasteiger charge is 2.57. The van der Waals surface area contributed by atoms with Gasteiger partial charge in [-0.05, 0) is 55.5 Å². The van der Waals surface area contributed by atoms with Crippen molar-refractivity contribution in [1.29, 1.82) is 0 Å². The van der Waals surface area contributed by atoms with Crippen molar-refractivity contribution in [3.63, 3.8) is 0 Å². The number of piperidine rings is 1. The third-order valence-corrected chi connectivity index (χ3v) is 5.04. The summed E-state index contributed by atoms with van der Waals surface area (Å²) in [5.41, 5.74) is 0.964. The van der Waals surface area contributed by atoms with E-state index in [-0.39, 0.29) is 23.8 Å². The van der Waals surface area contributed by atoms with Crippen molar-refractivity contribution in [2.24, 2.45) is 11.3 Å². The predicted octanol–water partition coefficient (Wildman–Crippen LogP) is 1.88. The van der Waals surface area contributed by atoms with E-state index in [4.69, 9.17) is 11.6 Å². The molecule has 1 saturated carbocycles. The number of aliphatic hydroxyl groups is 1. The van der Waals surface area contributed by atoms with E-state index in [0.717, 1.165) is 37.9 Å². The summed E-state index contributed by atoms with van der Waals surface area (Å²) in [6, 6.07) is 7.10. The van der Waals surface area contributed by atoms with Crippen LogP contribution in [0.2, 0.25) is 5.02 Å². The highest BCUT2D eigenvalue weighted by atomic mass is 35.5. The van der Waals surface area contributed by atoms with E-state index >= 15 is 0 Å². The summed E-state index contributed by atoms with van der Waals surface area (Å²) in [7, 11) is 0. The summed E-state index contributed by atoms with van der Waals surface area (Å²) in [5, 5.41) is 16.9. The van der Waals surface area contributed by atoms with Crippen LogP contribution in [0.25, 0.3) is 0 Å². The Morgan fingerprint density at radius 3 is 2.95 bits per heavy atom. The normalized spacial score (nSPS) is 24.6. The number of nitrogens with one attached hydrogen (secondary N) is 2. The first-order chi connectivity index (χ1) is 10.1. The summed E-state index contributed by atoms with van der Waals surface area (Å²) >= 11 is 5.91. The van der Waals surface area contributed by atoms with E-state index in [1.54, 1.807) is 18.2 Å². The number of halogens is 1. The fraction of sp³-hybridized carbons (Fsp3) is 0.562. The van der Waals surface area contributed by atoms with Crippen LogP contribution in [0.3, 0.4) is 0 Å². The molecule has 0 radical (unpaired) electrons. The van der Waals surface area contributed by atoms with Gasteiger partial charge in [-0.1, -0.05) is 23.7 Å². The zero-order chi connectivity index (χ0) is 14.9. The molecule has 114 valence electrons. The number of hydrogen-bond donors (Lipinski definition) is 3. The number of carbonyl (C=O) groups excluding carboxylic acids is 1. The molecule has 2 atom stereocenters. The Morgan fingerprint density at radius 2 is 2.24 bits per heavy atom. The van der Waals surface area contributed by atoms with Crippen LogP contribution in [-0.2, 0) is 4.79 Å². The first-order valence-electron chi connectivity index (χ1n) is 7.53. The van der Waals surface area contributed by atoms with Crippen molar-refractivity contribution >= 4 is 17.5 Å². The van der Waals surface area contributed by atoms with Gasteiger partial charge in [0.15, 0.2) is 0 Å². The molecule has 0 aromatic heterocycles. The monoisotopic (exact) mass is 308 g/mol. The topological polar surface area (TPSA) is 61.4 Å². The lowest BCUT2D eigenvalue weighted by molar-refractivity contribution is -0.123. The van der Waals surface area contributed by atoms with Gasteiger partial charge in [0.1, 0.15) is 0 Å². The Labute approximate surface area is 129 Å². The van der Waals surface area contributed by atoms with Crippen LogP contribution >= 0.6 is 11.6 Å². The Kier molecular flexibility index (Phi) is 4.20. The van der Waals surface area contributed by atoms with Gasteiger partial charge in [0.2, 0.25) is 5.91 Å². The van der Waals surface area contributed by atoms with Crippen LogP contribution in [0.15, 0.2) is 24.3 Å². The molecule has 1 amide bonds. The fourth-order valence-electron chi connectivity index (χ4n) is 3.35.